The summed E-state index contributed by atoms with van der Waals surface area (Å²) in [5.74, 6) is 0.0355. The van der Waals surface area contributed by atoms with Gasteiger partial charge in [0.15, 0.2) is 0 Å². The maximum absolute atomic E-state index is 12.5. The Morgan fingerprint density at radius 3 is 2.95 bits per heavy atom. The summed E-state index contributed by atoms with van der Waals surface area (Å²) in [7, 11) is -3.60. The van der Waals surface area contributed by atoms with Crippen LogP contribution in [0.4, 0.5) is 5.82 Å². The van der Waals surface area contributed by atoms with E-state index in [1.165, 1.54) is 16.6 Å². The number of ether oxygens (including phenoxy) is 1. The fourth-order valence-electron chi connectivity index (χ4n) is 2.17. The average Bonchev–Trinajstić information content (AvgIpc) is 2.89. The quantitative estimate of drug-likeness (QED) is 0.867. The number of likely N-dealkylation sites (N-methyl/N-ethyl adjacent to an activating group) is 1. The van der Waals surface area contributed by atoms with Gasteiger partial charge in [-0.25, -0.2) is 13.4 Å². The summed E-state index contributed by atoms with van der Waals surface area (Å²) >= 11 is 0. The summed E-state index contributed by atoms with van der Waals surface area (Å²) in [5.41, 5.74) is 5.66. The number of sulfonamides is 1. The Balaban J connectivity index is 2.23. The SMILES string of the molecule is CCN(CC1CCCO1)S(=O)(=O)c1cccnc1N. The van der Waals surface area contributed by atoms with Crippen molar-refractivity contribution in [2.75, 3.05) is 25.4 Å². The normalized spacial score (nSPS) is 20.0. The minimum Gasteiger partial charge on any atom is -0.383 e. The van der Waals surface area contributed by atoms with Crippen LogP contribution in [-0.4, -0.2) is 43.5 Å². The van der Waals surface area contributed by atoms with Gasteiger partial charge >= 0.3 is 0 Å². The standard InChI is InChI=1S/C12H19N3O3S/c1-2-15(9-10-5-4-8-18-10)19(16,17)11-6-3-7-14-12(11)13/h3,6-7,10H,2,4-5,8-9H2,1H3,(H2,13,14). The highest BCUT2D eigenvalue weighted by molar-refractivity contribution is 7.89. The molecule has 19 heavy (non-hydrogen) atoms. The van der Waals surface area contributed by atoms with E-state index < -0.39 is 10.0 Å². The topological polar surface area (TPSA) is 85.5 Å². The number of nitrogens with two attached hydrogens (primary N) is 1. The molecule has 0 radical (unpaired) electrons. The van der Waals surface area contributed by atoms with E-state index in [0.717, 1.165) is 12.8 Å². The van der Waals surface area contributed by atoms with Crippen molar-refractivity contribution < 1.29 is 13.2 Å². The number of nitrogens with zero attached hydrogens (tertiary/aromatic N) is 2. The van der Waals surface area contributed by atoms with Crippen LogP contribution in [0.3, 0.4) is 0 Å². The molecule has 6 nitrogen and oxygen atoms in total. The van der Waals surface area contributed by atoms with Gasteiger partial charge in [-0.1, -0.05) is 6.92 Å². The molecule has 1 unspecified atom stereocenters. The molecule has 1 saturated heterocycles. The molecule has 2 heterocycles. The number of anilines is 1. The first-order valence-electron chi connectivity index (χ1n) is 6.38. The van der Waals surface area contributed by atoms with Crippen LogP contribution >= 0.6 is 0 Å². The fraction of sp³-hybridized carbons (Fsp3) is 0.583. The van der Waals surface area contributed by atoms with Gasteiger partial charge in [0.25, 0.3) is 0 Å². The Morgan fingerprint density at radius 2 is 2.37 bits per heavy atom. The molecular formula is C12H19N3O3S. The third-order valence-electron chi connectivity index (χ3n) is 3.20. The molecule has 0 amide bonds. The van der Waals surface area contributed by atoms with Crippen molar-refractivity contribution in [1.29, 1.82) is 0 Å². The van der Waals surface area contributed by atoms with Gasteiger partial charge in [0.1, 0.15) is 10.7 Å². The number of nitrogen functional groups attached to an aromatic ring is 1. The Labute approximate surface area is 113 Å². The lowest BCUT2D eigenvalue weighted by molar-refractivity contribution is 0.0947. The first kappa shape index (κ1) is 14.2. The van der Waals surface area contributed by atoms with Gasteiger partial charge < -0.3 is 10.5 Å². The van der Waals surface area contributed by atoms with Crippen molar-refractivity contribution in [3.05, 3.63) is 18.3 Å². The minimum absolute atomic E-state index is 0.0207. The van der Waals surface area contributed by atoms with E-state index in [0.29, 0.717) is 19.7 Å². The van der Waals surface area contributed by atoms with Crippen molar-refractivity contribution >= 4 is 15.8 Å². The molecule has 0 bridgehead atoms. The Bertz CT molecular complexity index is 527. The molecule has 1 aliphatic rings. The van der Waals surface area contributed by atoms with E-state index in [2.05, 4.69) is 4.98 Å². The monoisotopic (exact) mass is 285 g/mol. The minimum atomic E-state index is -3.60. The van der Waals surface area contributed by atoms with Crippen molar-refractivity contribution in [2.24, 2.45) is 0 Å². The highest BCUT2D eigenvalue weighted by Crippen LogP contribution is 2.22. The van der Waals surface area contributed by atoms with Crippen LogP contribution < -0.4 is 5.73 Å². The molecular weight excluding hydrogens is 266 g/mol. The molecule has 1 aliphatic heterocycles. The van der Waals surface area contributed by atoms with Crippen molar-refractivity contribution in [3.8, 4) is 0 Å². The second kappa shape index (κ2) is 5.85. The van der Waals surface area contributed by atoms with E-state index in [1.54, 1.807) is 13.0 Å². The number of rotatable bonds is 5. The lowest BCUT2D eigenvalue weighted by Gasteiger charge is -2.23. The fourth-order valence-corrected chi connectivity index (χ4v) is 3.72. The highest BCUT2D eigenvalue weighted by Gasteiger charge is 2.29. The van der Waals surface area contributed by atoms with Gasteiger partial charge in [0, 0.05) is 25.9 Å². The van der Waals surface area contributed by atoms with Gasteiger partial charge in [-0.2, -0.15) is 4.31 Å². The van der Waals surface area contributed by atoms with Crippen LogP contribution in [-0.2, 0) is 14.8 Å². The van der Waals surface area contributed by atoms with Crippen LogP contribution in [0.2, 0.25) is 0 Å². The number of aromatic nitrogens is 1. The summed E-state index contributed by atoms with van der Waals surface area (Å²) < 4.78 is 31.9. The zero-order chi connectivity index (χ0) is 13.9. The molecule has 1 atom stereocenters. The van der Waals surface area contributed by atoms with Crippen LogP contribution in [0.15, 0.2) is 23.2 Å². The third kappa shape index (κ3) is 3.05. The van der Waals surface area contributed by atoms with Gasteiger partial charge in [0.2, 0.25) is 10.0 Å². The lowest BCUT2D eigenvalue weighted by Crippen LogP contribution is -2.37. The van der Waals surface area contributed by atoms with Crippen LogP contribution in [0.1, 0.15) is 19.8 Å². The smallest absolute Gasteiger partial charge is 0.246 e. The highest BCUT2D eigenvalue weighted by atomic mass is 32.2. The number of pyridine rings is 1. The summed E-state index contributed by atoms with van der Waals surface area (Å²) in [5, 5.41) is 0. The van der Waals surface area contributed by atoms with Crippen molar-refractivity contribution in [1.82, 2.24) is 9.29 Å². The molecule has 0 spiro atoms. The maximum atomic E-state index is 12.5. The molecule has 1 aromatic rings. The van der Waals surface area contributed by atoms with E-state index in [4.69, 9.17) is 10.5 Å². The lowest BCUT2D eigenvalue weighted by atomic mass is 10.2. The Hall–Kier alpha value is -1.18. The van der Waals surface area contributed by atoms with Gasteiger partial charge in [-0.15, -0.1) is 0 Å². The zero-order valence-electron chi connectivity index (χ0n) is 10.9. The molecule has 0 saturated carbocycles. The van der Waals surface area contributed by atoms with Gasteiger partial charge in [-0.3, -0.25) is 0 Å². The van der Waals surface area contributed by atoms with E-state index >= 15 is 0 Å². The van der Waals surface area contributed by atoms with Crippen molar-refractivity contribution in [2.45, 2.75) is 30.8 Å². The number of hydrogen-bond donors (Lipinski definition) is 1. The molecule has 106 valence electrons. The maximum Gasteiger partial charge on any atom is 0.246 e. The molecule has 1 fully saturated rings. The van der Waals surface area contributed by atoms with E-state index in [9.17, 15) is 8.42 Å². The summed E-state index contributed by atoms with van der Waals surface area (Å²) in [4.78, 5) is 3.90. The summed E-state index contributed by atoms with van der Waals surface area (Å²) in [6.07, 6.45) is 3.34. The predicted molar refractivity (Wildman–Crippen MR) is 72.1 cm³/mol. The largest absolute Gasteiger partial charge is 0.383 e. The summed E-state index contributed by atoms with van der Waals surface area (Å²) in [6.45, 7) is 3.26. The van der Waals surface area contributed by atoms with Crippen LogP contribution in [0.25, 0.3) is 0 Å². The molecule has 0 aromatic carbocycles. The van der Waals surface area contributed by atoms with Crippen LogP contribution in [0.5, 0.6) is 0 Å². The molecule has 2 N–H and O–H groups in total. The van der Waals surface area contributed by atoms with E-state index in [1.807, 2.05) is 0 Å². The number of hydrogen-bond acceptors (Lipinski definition) is 5. The second-order valence-electron chi connectivity index (χ2n) is 4.48. The predicted octanol–water partition coefficient (Wildman–Crippen LogP) is 0.853. The van der Waals surface area contributed by atoms with E-state index in [-0.39, 0.29) is 16.8 Å². The Kier molecular flexibility index (Phi) is 4.38. The van der Waals surface area contributed by atoms with Gasteiger partial charge in [0.05, 0.1) is 6.10 Å². The third-order valence-corrected chi connectivity index (χ3v) is 5.19. The molecule has 2 rings (SSSR count). The zero-order valence-corrected chi connectivity index (χ0v) is 11.8. The second-order valence-corrected chi connectivity index (χ2v) is 6.38. The van der Waals surface area contributed by atoms with Gasteiger partial charge in [-0.05, 0) is 25.0 Å². The molecule has 7 heteroatoms. The van der Waals surface area contributed by atoms with Crippen LogP contribution in [0, 0.1) is 0 Å². The molecule has 1 aromatic heterocycles. The summed E-state index contributed by atoms with van der Waals surface area (Å²) in [6, 6.07) is 3.05. The average molecular weight is 285 g/mol. The first-order valence-corrected chi connectivity index (χ1v) is 7.82. The molecule has 0 aliphatic carbocycles. The van der Waals surface area contributed by atoms with Crippen molar-refractivity contribution in [3.63, 3.8) is 0 Å². The Morgan fingerprint density at radius 1 is 1.58 bits per heavy atom. The first-order chi connectivity index (χ1) is 9.05.